The molecule has 1 unspecified atom stereocenters. The summed E-state index contributed by atoms with van der Waals surface area (Å²) in [5.41, 5.74) is 7.29. The lowest BCUT2D eigenvalue weighted by Crippen LogP contribution is -2.37. The molecule has 98 valence electrons. The molecule has 3 heteroatoms. The Morgan fingerprint density at radius 1 is 1.39 bits per heavy atom. The van der Waals surface area contributed by atoms with Gasteiger partial charge in [0.2, 0.25) is 0 Å². The normalized spacial score (nSPS) is 26.6. The molecule has 1 spiro atoms. The summed E-state index contributed by atoms with van der Waals surface area (Å²) >= 11 is 0. The quantitative estimate of drug-likeness (QED) is 0.872. The average Bonchev–Trinajstić information content (AvgIpc) is 2.77. The van der Waals surface area contributed by atoms with Crippen LogP contribution in [-0.2, 0) is 11.2 Å². The molecule has 1 saturated carbocycles. The van der Waals surface area contributed by atoms with E-state index in [1.807, 2.05) is 12.3 Å². The summed E-state index contributed by atoms with van der Waals surface area (Å²) in [7, 11) is 0. The third-order valence-electron chi connectivity index (χ3n) is 4.48. The van der Waals surface area contributed by atoms with Crippen LogP contribution in [0.4, 0.5) is 5.82 Å². The Hall–Kier alpha value is -1.09. The molecule has 2 N–H and O–H groups in total. The molecule has 2 heterocycles. The van der Waals surface area contributed by atoms with E-state index in [9.17, 15) is 0 Å². The Bertz CT molecular complexity index is 413. The average molecular weight is 246 g/mol. The first-order valence-corrected chi connectivity index (χ1v) is 7.10. The summed E-state index contributed by atoms with van der Waals surface area (Å²) < 4.78 is 6.08. The molecule has 1 atom stereocenters. The van der Waals surface area contributed by atoms with Gasteiger partial charge in [-0.3, -0.25) is 0 Å². The van der Waals surface area contributed by atoms with Crippen molar-refractivity contribution in [3.05, 3.63) is 23.9 Å². The molecule has 1 aromatic rings. The molecule has 1 aromatic heterocycles. The van der Waals surface area contributed by atoms with E-state index in [0.29, 0.717) is 5.82 Å². The topological polar surface area (TPSA) is 48.1 Å². The summed E-state index contributed by atoms with van der Waals surface area (Å²) in [5, 5.41) is 0. The number of hydrogen-bond acceptors (Lipinski definition) is 3. The van der Waals surface area contributed by atoms with Crippen LogP contribution in [0.2, 0.25) is 0 Å². The first kappa shape index (κ1) is 12.0. The standard InChI is InChI=1S/C15H22N2O/c16-14-10-12(3-7-17-14)9-13-4-8-18-15(11-13)5-1-2-6-15/h3,7,10,13H,1-2,4-6,8-9,11H2,(H2,16,17). The maximum atomic E-state index is 6.08. The zero-order valence-corrected chi connectivity index (χ0v) is 10.9. The number of nitrogens with zero attached hydrogens (tertiary/aromatic N) is 1. The second kappa shape index (κ2) is 4.88. The van der Waals surface area contributed by atoms with Crippen LogP contribution in [0.1, 0.15) is 44.1 Å². The van der Waals surface area contributed by atoms with Gasteiger partial charge < -0.3 is 10.5 Å². The predicted molar refractivity (Wildman–Crippen MR) is 72.2 cm³/mol. The van der Waals surface area contributed by atoms with Gasteiger partial charge in [-0.1, -0.05) is 12.8 Å². The number of hydrogen-bond donors (Lipinski definition) is 1. The van der Waals surface area contributed by atoms with Crippen molar-refractivity contribution in [2.24, 2.45) is 5.92 Å². The zero-order chi connectivity index (χ0) is 12.4. The van der Waals surface area contributed by atoms with E-state index < -0.39 is 0 Å². The van der Waals surface area contributed by atoms with Gasteiger partial charge >= 0.3 is 0 Å². The highest BCUT2D eigenvalue weighted by atomic mass is 16.5. The molecule has 1 aliphatic carbocycles. The third-order valence-corrected chi connectivity index (χ3v) is 4.48. The molecule has 2 fully saturated rings. The lowest BCUT2D eigenvalue weighted by molar-refractivity contribution is -0.0923. The summed E-state index contributed by atoms with van der Waals surface area (Å²) in [4.78, 5) is 4.06. The number of ether oxygens (including phenoxy) is 1. The van der Waals surface area contributed by atoms with Crippen molar-refractivity contribution in [1.29, 1.82) is 0 Å². The van der Waals surface area contributed by atoms with Crippen LogP contribution in [0.3, 0.4) is 0 Å². The van der Waals surface area contributed by atoms with E-state index in [0.717, 1.165) is 18.9 Å². The van der Waals surface area contributed by atoms with Crippen molar-refractivity contribution in [3.63, 3.8) is 0 Å². The minimum atomic E-state index is 0.224. The number of pyridine rings is 1. The molecule has 1 aliphatic heterocycles. The van der Waals surface area contributed by atoms with Gasteiger partial charge in [-0.25, -0.2) is 4.98 Å². The highest BCUT2D eigenvalue weighted by Gasteiger charge is 2.39. The van der Waals surface area contributed by atoms with Crippen LogP contribution >= 0.6 is 0 Å². The molecule has 1 saturated heterocycles. The van der Waals surface area contributed by atoms with Gasteiger partial charge in [0, 0.05) is 12.8 Å². The second-order valence-corrected chi connectivity index (χ2v) is 5.89. The van der Waals surface area contributed by atoms with Crippen molar-refractivity contribution in [1.82, 2.24) is 4.98 Å². The summed E-state index contributed by atoms with van der Waals surface area (Å²) in [6.07, 6.45) is 10.6. The van der Waals surface area contributed by atoms with Gasteiger partial charge in [-0.15, -0.1) is 0 Å². The van der Waals surface area contributed by atoms with E-state index in [1.54, 1.807) is 0 Å². The fourth-order valence-corrected chi connectivity index (χ4v) is 3.63. The van der Waals surface area contributed by atoms with Gasteiger partial charge in [0.15, 0.2) is 0 Å². The van der Waals surface area contributed by atoms with Crippen LogP contribution in [0.5, 0.6) is 0 Å². The number of nitrogens with two attached hydrogens (primary N) is 1. The van der Waals surface area contributed by atoms with Crippen LogP contribution in [0.15, 0.2) is 18.3 Å². The monoisotopic (exact) mass is 246 g/mol. The maximum absolute atomic E-state index is 6.08. The lowest BCUT2D eigenvalue weighted by atomic mass is 9.81. The van der Waals surface area contributed by atoms with Gasteiger partial charge in [-0.05, 0) is 55.7 Å². The smallest absolute Gasteiger partial charge is 0.123 e. The van der Waals surface area contributed by atoms with E-state index in [-0.39, 0.29) is 5.60 Å². The minimum absolute atomic E-state index is 0.224. The van der Waals surface area contributed by atoms with Crippen LogP contribution in [0, 0.1) is 5.92 Å². The van der Waals surface area contributed by atoms with Gasteiger partial charge in [0.05, 0.1) is 5.60 Å². The Morgan fingerprint density at radius 2 is 2.22 bits per heavy atom. The SMILES string of the molecule is Nc1cc(CC2CCOC3(CCCC3)C2)ccn1. The van der Waals surface area contributed by atoms with Gasteiger partial charge in [0.25, 0.3) is 0 Å². The van der Waals surface area contributed by atoms with E-state index >= 15 is 0 Å². The molecule has 3 nitrogen and oxygen atoms in total. The Labute approximate surface area is 109 Å². The van der Waals surface area contributed by atoms with Crippen LogP contribution in [0.25, 0.3) is 0 Å². The number of anilines is 1. The number of rotatable bonds is 2. The highest BCUT2D eigenvalue weighted by Crippen LogP contribution is 2.42. The molecule has 3 rings (SSSR count). The van der Waals surface area contributed by atoms with Gasteiger partial charge in [0.1, 0.15) is 5.82 Å². The highest BCUT2D eigenvalue weighted by molar-refractivity contribution is 5.32. The van der Waals surface area contributed by atoms with Crippen molar-refractivity contribution in [3.8, 4) is 0 Å². The number of aromatic nitrogens is 1. The maximum Gasteiger partial charge on any atom is 0.123 e. The molecule has 0 amide bonds. The zero-order valence-electron chi connectivity index (χ0n) is 10.9. The Balaban J connectivity index is 1.66. The molecule has 0 aromatic carbocycles. The predicted octanol–water partition coefficient (Wildman–Crippen LogP) is 2.95. The first-order valence-electron chi connectivity index (χ1n) is 7.10. The third kappa shape index (κ3) is 2.51. The fourth-order valence-electron chi connectivity index (χ4n) is 3.63. The summed E-state index contributed by atoms with van der Waals surface area (Å²) in [5.74, 6) is 1.38. The largest absolute Gasteiger partial charge is 0.384 e. The lowest BCUT2D eigenvalue weighted by Gasteiger charge is -2.38. The molecular weight excluding hydrogens is 224 g/mol. The summed E-state index contributed by atoms with van der Waals surface area (Å²) in [6, 6.07) is 4.10. The fraction of sp³-hybridized carbons (Fsp3) is 0.667. The van der Waals surface area contributed by atoms with E-state index in [2.05, 4.69) is 11.1 Å². The Kier molecular flexibility index (Phi) is 3.25. The van der Waals surface area contributed by atoms with E-state index in [4.69, 9.17) is 10.5 Å². The van der Waals surface area contributed by atoms with Crippen molar-refractivity contribution in [2.75, 3.05) is 12.3 Å². The first-order chi connectivity index (χ1) is 8.76. The molecule has 18 heavy (non-hydrogen) atoms. The number of nitrogen functional groups attached to an aromatic ring is 1. The second-order valence-electron chi connectivity index (χ2n) is 5.89. The Morgan fingerprint density at radius 3 is 3.00 bits per heavy atom. The van der Waals surface area contributed by atoms with Crippen LogP contribution in [-0.4, -0.2) is 17.2 Å². The molecule has 2 aliphatic rings. The van der Waals surface area contributed by atoms with E-state index in [1.165, 1.54) is 44.1 Å². The molecular formula is C15H22N2O. The minimum Gasteiger partial charge on any atom is -0.384 e. The molecule has 0 bridgehead atoms. The van der Waals surface area contributed by atoms with Crippen LogP contribution < -0.4 is 5.73 Å². The van der Waals surface area contributed by atoms with Crippen molar-refractivity contribution >= 4 is 5.82 Å². The van der Waals surface area contributed by atoms with Crippen molar-refractivity contribution < 1.29 is 4.74 Å². The molecule has 0 radical (unpaired) electrons. The summed E-state index contributed by atoms with van der Waals surface area (Å²) in [6.45, 7) is 0.936. The van der Waals surface area contributed by atoms with Gasteiger partial charge in [-0.2, -0.15) is 0 Å². The van der Waals surface area contributed by atoms with Crippen molar-refractivity contribution in [2.45, 2.75) is 50.5 Å².